The quantitative estimate of drug-likeness (QED) is 0.0888. The second kappa shape index (κ2) is 20.2. The van der Waals surface area contributed by atoms with E-state index in [1.165, 1.54) is 44.9 Å². The largest absolute Gasteiger partial charge is 0.382 e. The molecule has 1 aliphatic carbocycles. The smallest absolute Gasteiger partial charge is 0.222 e. The number of imidazole rings is 1. The summed E-state index contributed by atoms with van der Waals surface area (Å²) in [5, 5.41) is 7.37. The van der Waals surface area contributed by atoms with Gasteiger partial charge in [0.2, 0.25) is 11.8 Å². The summed E-state index contributed by atoms with van der Waals surface area (Å²) in [6.07, 6.45) is 15.3. The minimum atomic E-state index is -0.0140. The summed E-state index contributed by atoms with van der Waals surface area (Å²) >= 11 is 0. The molecule has 2 unspecified atom stereocenters. The Morgan fingerprint density at radius 3 is 2.43 bits per heavy atom. The summed E-state index contributed by atoms with van der Waals surface area (Å²) in [5.41, 5.74) is 9.03. The molecule has 47 heavy (non-hydrogen) atoms. The standard InChI is InChI=1S/C37H58N6O4/c1-3-5-14-28-15-8-7-9-17-30(28)40-34(45)21-25-47-27-26-46-24-20-33(44)39-22-12-13-23-43-32(19-6-4-2)42-35-36(43)29-16-10-11-18-31(29)41-37(35)38/h10-11,16,18,28,30H,3-9,12-15,17,19-27H2,1-2H3,(H2,38,41)(H,39,44)(H,40,45). The highest BCUT2D eigenvalue weighted by atomic mass is 16.5. The average Bonchev–Trinajstić information content (AvgIpc) is 3.30. The van der Waals surface area contributed by atoms with Crippen molar-refractivity contribution in [2.45, 2.75) is 123 Å². The zero-order chi connectivity index (χ0) is 33.3. The molecular weight excluding hydrogens is 592 g/mol. The predicted molar refractivity (Wildman–Crippen MR) is 189 cm³/mol. The van der Waals surface area contributed by atoms with Crippen molar-refractivity contribution in [1.29, 1.82) is 0 Å². The van der Waals surface area contributed by atoms with Crippen molar-refractivity contribution in [1.82, 2.24) is 25.2 Å². The van der Waals surface area contributed by atoms with Crippen LogP contribution in [0.4, 0.5) is 5.82 Å². The lowest BCUT2D eigenvalue weighted by Gasteiger charge is -2.26. The van der Waals surface area contributed by atoms with Crippen molar-refractivity contribution in [3.05, 3.63) is 30.1 Å². The topological polar surface area (TPSA) is 133 Å². The number of fused-ring (bicyclic) bond motifs is 3. The van der Waals surface area contributed by atoms with Gasteiger partial charge in [0, 0.05) is 43.8 Å². The van der Waals surface area contributed by atoms with Crippen LogP contribution in [-0.4, -0.2) is 65.4 Å². The third kappa shape index (κ3) is 11.5. The number of aryl methyl sites for hydroxylation is 2. The molecule has 2 amide bonds. The van der Waals surface area contributed by atoms with Gasteiger partial charge >= 0.3 is 0 Å². The summed E-state index contributed by atoms with van der Waals surface area (Å²) in [4.78, 5) is 34.3. The summed E-state index contributed by atoms with van der Waals surface area (Å²) < 4.78 is 13.5. The fraction of sp³-hybridized carbons (Fsp3) is 0.676. The monoisotopic (exact) mass is 650 g/mol. The molecule has 1 aromatic carbocycles. The van der Waals surface area contributed by atoms with Gasteiger partial charge in [0.15, 0.2) is 5.82 Å². The number of aromatic nitrogens is 3. The first kappa shape index (κ1) is 36.6. The van der Waals surface area contributed by atoms with Gasteiger partial charge in [0.25, 0.3) is 0 Å². The molecule has 3 aromatic rings. The molecule has 0 spiro atoms. The van der Waals surface area contributed by atoms with Crippen LogP contribution in [0, 0.1) is 5.92 Å². The molecule has 260 valence electrons. The third-order valence-corrected chi connectivity index (χ3v) is 9.33. The third-order valence-electron chi connectivity index (χ3n) is 9.33. The fourth-order valence-electron chi connectivity index (χ4n) is 6.70. The maximum absolute atomic E-state index is 12.5. The number of nitrogens with two attached hydrogens (primary N) is 1. The van der Waals surface area contributed by atoms with Crippen LogP contribution in [0.25, 0.3) is 21.9 Å². The van der Waals surface area contributed by atoms with E-state index in [-0.39, 0.29) is 11.8 Å². The Balaban J connectivity index is 1.07. The molecule has 0 radical (unpaired) electrons. The molecule has 10 nitrogen and oxygen atoms in total. The Kier molecular flexibility index (Phi) is 15.7. The van der Waals surface area contributed by atoms with Gasteiger partial charge in [-0.15, -0.1) is 0 Å². The van der Waals surface area contributed by atoms with Crippen molar-refractivity contribution in [2.24, 2.45) is 5.92 Å². The number of hydrogen-bond acceptors (Lipinski definition) is 7. The van der Waals surface area contributed by atoms with E-state index in [2.05, 4.69) is 40.1 Å². The molecule has 2 heterocycles. The second-order valence-electron chi connectivity index (χ2n) is 13.0. The second-order valence-corrected chi connectivity index (χ2v) is 13.0. The Labute approximate surface area is 280 Å². The minimum absolute atomic E-state index is 0.0140. The molecule has 1 aliphatic rings. The van der Waals surface area contributed by atoms with Gasteiger partial charge in [-0.3, -0.25) is 9.59 Å². The van der Waals surface area contributed by atoms with Crippen molar-refractivity contribution in [2.75, 3.05) is 38.7 Å². The molecule has 1 saturated carbocycles. The number of nitrogen functional groups attached to an aromatic ring is 1. The van der Waals surface area contributed by atoms with E-state index in [0.29, 0.717) is 63.6 Å². The Bertz CT molecular complexity index is 1390. The van der Waals surface area contributed by atoms with Crippen molar-refractivity contribution < 1.29 is 19.1 Å². The first-order valence-electron chi connectivity index (χ1n) is 18.3. The van der Waals surface area contributed by atoms with Gasteiger partial charge < -0.3 is 30.4 Å². The number of nitrogens with zero attached hydrogens (tertiary/aromatic N) is 3. The molecule has 0 bridgehead atoms. The number of nitrogens with one attached hydrogen (secondary N) is 2. The average molecular weight is 651 g/mol. The molecule has 4 N–H and O–H groups in total. The van der Waals surface area contributed by atoms with Crippen LogP contribution in [0.15, 0.2) is 24.3 Å². The molecule has 10 heteroatoms. The van der Waals surface area contributed by atoms with E-state index in [0.717, 1.165) is 72.8 Å². The van der Waals surface area contributed by atoms with Gasteiger partial charge in [-0.1, -0.05) is 70.6 Å². The Morgan fingerprint density at radius 1 is 0.894 bits per heavy atom. The number of anilines is 1. The number of unbranched alkanes of at least 4 members (excludes halogenated alkanes) is 3. The lowest BCUT2D eigenvalue weighted by molar-refractivity contribution is -0.124. The van der Waals surface area contributed by atoms with Crippen LogP contribution < -0.4 is 16.4 Å². The van der Waals surface area contributed by atoms with Crippen LogP contribution in [0.3, 0.4) is 0 Å². The van der Waals surface area contributed by atoms with Crippen LogP contribution in [-0.2, 0) is 32.0 Å². The van der Waals surface area contributed by atoms with Crippen molar-refractivity contribution in [3.8, 4) is 0 Å². The molecule has 2 aromatic heterocycles. The molecule has 0 saturated heterocycles. The number of carbonyl (C=O) groups excluding carboxylic acids is 2. The van der Waals surface area contributed by atoms with E-state index in [9.17, 15) is 9.59 Å². The first-order valence-corrected chi connectivity index (χ1v) is 18.3. The van der Waals surface area contributed by atoms with Gasteiger partial charge in [-0.05, 0) is 50.5 Å². The normalized spacial score (nSPS) is 16.8. The van der Waals surface area contributed by atoms with Gasteiger partial charge in [-0.2, -0.15) is 0 Å². The lowest BCUT2D eigenvalue weighted by Crippen LogP contribution is -2.40. The number of ether oxygens (including phenoxy) is 2. The maximum Gasteiger partial charge on any atom is 0.222 e. The fourth-order valence-corrected chi connectivity index (χ4v) is 6.70. The number of carbonyl (C=O) groups is 2. The van der Waals surface area contributed by atoms with E-state index in [1.54, 1.807) is 0 Å². The van der Waals surface area contributed by atoms with Gasteiger partial charge in [0.05, 0.1) is 37.5 Å². The Morgan fingerprint density at radius 2 is 1.64 bits per heavy atom. The van der Waals surface area contributed by atoms with E-state index in [4.69, 9.17) is 20.2 Å². The molecule has 2 atom stereocenters. The molecule has 1 fully saturated rings. The summed E-state index contributed by atoms with van der Waals surface area (Å²) in [6.45, 7) is 7.40. The van der Waals surface area contributed by atoms with E-state index < -0.39 is 0 Å². The summed E-state index contributed by atoms with van der Waals surface area (Å²) in [7, 11) is 0. The zero-order valence-corrected chi connectivity index (χ0v) is 28.9. The highest BCUT2D eigenvalue weighted by Gasteiger charge is 2.24. The summed E-state index contributed by atoms with van der Waals surface area (Å²) in [5.74, 6) is 2.20. The number of amides is 2. The van der Waals surface area contributed by atoms with E-state index >= 15 is 0 Å². The minimum Gasteiger partial charge on any atom is -0.382 e. The Hall–Kier alpha value is -3.24. The number of para-hydroxylation sites is 1. The number of benzene rings is 1. The van der Waals surface area contributed by atoms with Gasteiger partial charge in [-0.25, -0.2) is 9.97 Å². The maximum atomic E-state index is 12.5. The lowest BCUT2D eigenvalue weighted by atomic mass is 9.89. The molecule has 0 aliphatic heterocycles. The highest BCUT2D eigenvalue weighted by molar-refractivity contribution is 6.06. The number of pyridine rings is 1. The van der Waals surface area contributed by atoms with Crippen LogP contribution in [0.1, 0.15) is 110 Å². The van der Waals surface area contributed by atoms with Gasteiger partial charge in [0.1, 0.15) is 11.3 Å². The van der Waals surface area contributed by atoms with Crippen LogP contribution in [0.5, 0.6) is 0 Å². The number of rotatable bonds is 21. The predicted octanol–water partition coefficient (Wildman–Crippen LogP) is 6.47. The number of hydrogen-bond donors (Lipinski definition) is 3. The van der Waals surface area contributed by atoms with E-state index in [1.807, 2.05) is 18.2 Å². The first-order chi connectivity index (χ1) is 23.0. The zero-order valence-electron chi connectivity index (χ0n) is 28.9. The highest BCUT2D eigenvalue weighted by Crippen LogP contribution is 2.30. The summed E-state index contributed by atoms with van der Waals surface area (Å²) in [6, 6.07) is 8.39. The van der Waals surface area contributed by atoms with Crippen molar-refractivity contribution >= 4 is 39.6 Å². The van der Waals surface area contributed by atoms with Crippen LogP contribution >= 0.6 is 0 Å². The van der Waals surface area contributed by atoms with Crippen molar-refractivity contribution in [3.63, 3.8) is 0 Å². The van der Waals surface area contributed by atoms with Crippen LogP contribution in [0.2, 0.25) is 0 Å². The molecule has 4 rings (SSSR count). The molecular formula is C37H58N6O4. The SMILES string of the molecule is CCCCc1nc2c(N)nc3ccccc3c2n1CCCCNC(=O)CCOCCOCCC(=O)NC1CCCCCC1CCCC.